The molecule has 0 N–H and O–H groups in total. The molecule has 1 heterocycles. The maximum Gasteiger partial charge on any atom is 0.147 e. The summed E-state index contributed by atoms with van der Waals surface area (Å²) < 4.78 is 0. The van der Waals surface area contributed by atoms with Gasteiger partial charge in [-0.1, -0.05) is 0 Å². The smallest absolute Gasteiger partial charge is 0.147 e. The number of aromatic nitrogens is 2. The van der Waals surface area contributed by atoms with E-state index in [-0.39, 0.29) is 0 Å². The predicted molar refractivity (Wildman–Crippen MR) is 72.6 cm³/mol. The molecule has 5 heteroatoms. The monoisotopic (exact) mass is 256 g/mol. The van der Waals surface area contributed by atoms with E-state index in [1.54, 1.807) is 12.4 Å². The summed E-state index contributed by atoms with van der Waals surface area (Å²) in [5, 5.41) is 0. The average molecular weight is 257 g/mol. The van der Waals surface area contributed by atoms with Crippen LogP contribution in [0.2, 0.25) is 0 Å². The highest BCUT2D eigenvalue weighted by atomic mass is 35.5. The number of hydrogen-bond donors (Lipinski definition) is 0. The molecule has 1 rings (SSSR count). The summed E-state index contributed by atoms with van der Waals surface area (Å²) in [6.45, 7) is 5.15. The minimum atomic E-state index is 0.413. The van der Waals surface area contributed by atoms with Gasteiger partial charge in [0.1, 0.15) is 5.82 Å². The van der Waals surface area contributed by atoms with E-state index in [0.717, 1.165) is 37.6 Å². The molecule has 1 aromatic rings. The Morgan fingerprint density at radius 2 is 2.00 bits per heavy atom. The highest BCUT2D eigenvalue weighted by molar-refractivity contribution is 6.16. The van der Waals surface area contributed by atoms with Gasteiger partial charge in [-0.25, -0.2) is 4.98 Å². The lowest BCUT2D eigenvalue weighted by molar-refractivity contribution is 0.400. The van der Waals surface area contributed by atoms with E-state index < -0.39 is 0 Å². The predicted octanol–water partition coefficient (Wildman–Crippen LogP) is 1.99. The minimum absolute atomic E-state index is 0.413. The topological polar surface area (TPSA) is 32.3 Å². The molecular weight excluding hydrogens is 236 g/mol. The van der Waals surface area contributed by atoms with Crippen molar-refractivity contribution in [3.05, 3.63) is 18.1 Å². The molecule has 0 aliphatic carbocycles. The SMILES string of the molecule is CCN(CCCN(C)C)c1cncc(CCl)n1. The van der Waals surface area contributed by atoms with E-state index >= 15 is 0 Å². The quantitative estimate of drug-likeness (QED) is 0.699. The molecule has 4 nitrogen and oxygen atoms in total. The number of hydrogen-bond acceptors (Lipinski definition) is 4. The summed E-state index contributed by atoms with van der Waals surface area (Å²) in [6.07, 6.45) is 4.63. The Kier molecular flexibility index (Phi) is 6.22. The molecule has 0 aliphatic heterocycles. The normalized spacial score (nSPS) is 10.9. The zero-order chi connectivity index (χ0) is 12.7. The lowest BCUT2D eigenvalue weighted by atomic mass is 10.3. The second-order valence-corrected chi connectivity index (χ2v) is 4.51. The summed E-state index contributed by atoms with van der Waals surface area (Å²) in [5.41, 5.74) is 0.829. The molecule has 0 radical (unpaired) electrons. The molecule has 0 saturated carbocycles. The van der Waals surface area contributed by atoms with Crippen molar-refractivity contribution in [2.24, 2.45) is 0 Å². The fraction of sp³-hybridized carbons (Fsp3) is 0.667. The summed E-state index contributed by atoms with van der Waals surface area (Å²) in [5.74, 6) is 1.33. The number of rotatable bonds is 7. The molecule has 0 aliphatic rings. The standard InChI is InChI=1S/C12H21ClN4/c1-4-17(7-5-6-16(2)3)12-10-14-9-11(8-13)15-12/h9-10H,4-8H2,1-3H3. The van der Waals surface area contributed by atoms with E-state index in [0.29, 0.717) is 5.88 Å². The first-order valence-corrected chi connectivity index (χ1v) is 6.47. The number of halogens is 1. The Morgan fingerprint density at radius 1 is 1.24 bits per heavy atom. The second kappa shape index (κ2) is 7.45. The van der Waals surface area contributed by atoms with Crippen LogP contribution in [0.3, 0.4) is 0 Å². The molecule has 0 bridgehead atoms. The van der Waals surface area contributed by atoms with Crippen molar-refractivity contribution in [3.63, 3.8) is 0 Å². The maximum atomic E-state index is 5.76. The Balaban J connectivity index is 2.59. The fourth-order valence-electron chi connectivity index (χ4n) is 1.62. The number of alkyl halides is 1. The van der Waals surface area contributed by atoms with Gasteiger partial charge in [0.2, 0.25) is 0 Å². The molecular formula is C12H21ClN4. The van der Waals surface area contributed by atoms with E-state index in [2.05, 4.69) is 40.8 Å². The van der Waals surface area contributed by atoms with Gasteiger partial charge >= 0.3 is 0 Å². The van der Waals surface area contributed by atoms with Crippen molar-refractivity contribution in [1.29, 1.82) is 0 Å². The lowest BCUT2D eigenvalue weighted by Crippen LogP contribution is -2.28. The molecule has 1 aromatic heterocycles. The van der Waals surface area contributed by atoms with Crippen LogP contribution in [0.25, 0.3) is 0 Å². The van der Waals surface area contributed by atoms with Gasteiger partial charge in [-0.05, 0) is 34.0 Å². The summed E-state index contributed by atoms with van der Waals surface area (Å²) in [4.78, 5) is 13.1. The molecule has 0 atom stereocenters. The number of nitrogens with zero attached hydrogens (tertiary/aromatic N) is 4. The zero-order valence-corrected chi connectivity index (χ0v) is 11.6. The second-order valence-electron chi connectivity index (χ2n) is 4.24. The maximum absolute atomic E-state index is 5.76. The van der Waals surface area contributed by atoms with Gasteiger partial charge in [0.15, 0.2) is 0 Å². The first-order chi connectivity index (χ1) is 8.17. The third-order valence-electron chi connectivity index (χ3n) is 2.55. The molecule has 0 amide bonds. The molecule has 0 fully saturated rings. The van der Waals surface area contributed by atoms with E-state index in [4.69, 9.17) is 11.6 Å². The van der Waals surface area contributed by atoms with Crippen molar-refractivity contribution >= 4 is 17.4 Å². The molecule has 0 aromatic carbocycles. The van der Waals surface area contributed by atoms with Gasteiger partial charge in [0, 0.05) is 19.3 Å². The van der Waals surface area contributed by atoms with Gasteiger partial charge in [0.05, 0.1) is 17.8 Å². The van der Waals surface area contributed by atoms with E-state index in [9.17, 15) is 0 Å². The van der Waals surface area contributed by atoms with Crippen LogP contribution in [0, 0.1) is 0 Å². The first kappa shape index (κ1) is 14.2. The van der Waals surface area contributed by atoms with Gasteiger partial charge < -0.3 is 9.80 Å². The molecule has 17 heavy (non-hydrogen) atoms. The third-order valence-corrected chi connectivity index (χ3v) is 2.82. The molecule has 0 saturated heterocycles. The van der Waals surface area contributed by atoms with Crippen molar-refractivity contribution in [1.82, 2.24) is 14.9 Å². The van der Waals surface area contributed by atoms with Crippen LogP contribution in [0.5, 0.6) is 0 Å². The van der Waals surface area contributed by atoms with Crippen LogP contribution in [0.4, 0.5) is 5.82 Å². The molecule has 0 spiro atoms. The van der Waals surface area contributed by atoms with Gasteiger partial charge in [0.25, 0.3) is 0 Å². The third kappa shape index (κ3) is 4.88. The van der Waals surface area contributed by atoms with Gasteiger partial charge in [-0.15, -0.1) is 11.6 Å². The van der Waals surface area contributed by atoms with Crippen molar-refractivity contribution in [3.8, 4) is 0 Å². The van der Waals surface area contributed by atoms with Crippen LogP contribution in [0.15, 0.2) is 12.4 Å². The van der Waals surface area contributed by atoms with E-state index in [1.807, 2.05) is 0 Å². The van der Waals surface area contributed by atoms with Crippen molar-refractivity contribution in [2.75, 3.05) is 38.6 Å². The van der Waals surface area contributed by atoms with Crippen molar-refractivity contribution < 1.29 is 0 Å². The fourth-order valence-corrected chi connectivity index (χ4v) is 1.75. The number of anilines is 1. The summed E-state index contributed by atoms with van der Waals surface area (Å²) >= 11 is 5.76. The molecule has 0 unspecified atom stereocenters. The zero-order valence-electron chi connectivity index (χ0n) is 10.9. The Labute approximate surface area is 109 Å². The van der Waals surface area contributed by atoms with Crippen LogP contribution in [-0.4, -0.2) is 48.6 Å². The van der Waals surface area contributed by atoms with Crippen LogP contribution in [-0.2, 0) is 5.88 Å². The average Bonchev–Trinajstić information content (AvgIpc) is 2.34. The van der Waals surface area contributed by atoms with Gasteiger partial charge in [-0.3, -0.25) is 4.98 Å². The van der Waals surface area contributed by atoms with Crippen LogP contribution >= 0.6 is 11.6 Å². The largest absolute Gasteiger partial charge is 0.356 e. The highest BCUT2D eigenvalue weighted by Crippen LogP contribution is 2.11. The minimum Gasteiger partial charge on any atom is -0.356 e. The first-order valence-electron chi connectivity index (χ1n) is 5.94. The van der Waals surface area contributed by atoms with Crippen LogP contribution < -0.4 is 4.90 Å². The lowest BCUT2D eigenvalue weighted by Gasteiger charge is -2.22. The Morgan fingerprint density at radius 3 is 2.59 bits per heavy atom. The summed E-state index contributed by atoms with van der Waals surface area (Å²) in [6, 6.07) is 0. The van der Waals surface area contributed by atoms with Crippen molar-refractivity contribution in [2.45, 2.75) is 19.2 Å². The van der Waals surface area contributed by atoms with Crippen LogP contribution in [0.1, 0.15) is 19.0 Å². The highest BCUT2D eigenvalue weighted by Gasteiger charge is 2.07. The Bertz CT molecular complexity index is 330. The Hall–Kier alpha value is -0.870. The molecule has 96 valence electrons. The van der Waals surface area contributed by atoms with E-state index in [1.165, 1.54) is 0 Å². The van der Waals surface area contributed by atoms with Gasteiger partial charge in [-0.2, -0.15) is 0 Å². The summed E-state index contributed by atoms with van der Waals surface area (Å²) in [7, 11) is 4.18.